The summed E-state index contributed by atoms with van der Waals surface area (Å²) in [5.74, 6) is -0.410. The van der Waals surface area contributed by atoms with E-state index in [9.17, 15) is 9.59 Å². The summed E-state index contributed by atoms with van der Waals surface area (Å²) in [6.45, 7) is 5.25. The van der Waals surface area contributed by atoms with Crippen LogP contribution in [0, 0.1) is 11.3 Å². The molecule has 0 aliphatic carbocycles. The first kappa shape index (κ1) is 19.0. The van der Waals surface area contributed by atoms with Gasteiger partial charge in [-0.1, -0.05) is 30.3 Å². The Morgan fingerprint density at radius 2 is 1.65 bits per heavy atom. The van der Waals surface area contributed by atoms with E-state index >= 15 is 0 Å². The first-order chi connectivity index (χ1) is 12.3. The van der Waals surface area contributed by atoms with Crippen LogP contribution in [0.4, 0.5) is 10.5 Å². The maximum Gasteiger partial charge on any atom is 0.408 e. The second-order valence-corrected chi connectivity index (χ2v) is 6.67. The Balaban J connectivity index is 2.18. The Morgan fingerprint density at radius 1 is 1.04 bits per heavy atom. The predicted octanol–water partition coefficient (Wildman–Crippen LogP) is 3.76. The summed E-state index contributed by atoms with van der Waals surface area (Å²) in [4.78, 5) is 24.9. The Bertz CT molecular complexity index is 803. The van der Waals surface area contributed by atoms with Crippen LogP contribution in [0.1, 0.15) is 37.9 Å². The lowest BCUT2D eigenvalue weighted by Gasteiger charge is -2.23. The summed E-state index contributed by atoms with van der Waals surface area (Å²) in [6, 6.07) is 16.5. The van der Waals surface area contributed by atoms with Gasteiger partial charge in [-0.3, -0.25) is 4.79 Å². The second kappa shape index (κ2) is 8.17. The first-order valence-corrected chi connectivity index (χ1v) is 8.14. The number of rotatable bonds is 4. The van der Waals surface area contributed by atoms with Crippen LogP contribution in [0.25, 0.3) is 0 Å². The van der Waals surface area contributed by atoms with Crippen molar-refractivity contribution in [2.75, 3.05) is 5.32 Å². The van der Waals surface area contributed by atoms with Gasteiger partial charge in [-0.25, -0.2) is 4.79 Å². The number of hydrogen-bond acceptors (Lipinski definition) is 4. The van der Waals surface area contributed by atoms with Gasteiger partial charge in [0.2, 0.25) is 0 Å². The molecule has 6 heteroatoms. The molecule has 0 spiro atoms. The lowest BCUT2D eigenvalue weighted by Crippen LogP contribution is -2.40. The van der Waals surface area contributed by atoms with Crippen LogP contribution >= 0.6 is 0 Å². The van der Waals surface area contributed by atoms with Crippen molar-refractivity contribution in [2.24, 2.45) is 0 Å². The highest BCUT2D eigenvalue weighted by molar-refractivity contribution is 5.97. The number of anilines is 1. The standard InChI is InChI=1S/C20H21N3O3/c1-20(2,3)26-19(25)23-17(15-7-5-4-6-8-15)18(24)22-16-11-9-14(13-21)10-12-16/h4-12,17H,1-3H3,(H,22,24)(H,23,25). The largest absolute Gasteiger partial charge is 0.444 e. The van der Waals surface area contributed by atoms with Gasteiger partial charge in [0.1, 0.15) is 11.6 Å². The minimum atomic E-state index is -0.915. The predicted molar refractivity (Wildman–Crippen MR) is 98.3 cm³/mol. The van der Waals surface area contributed by atoms with Gasteiger partial charge in [0.25, 0.3) is 5.91 Å². The van der Waals surface area contributed by atoms with Gasteiger partial charge in [-0.05, 0) is 50.6 Å². The lowest BCUT2D eigenvalue weighted by molar-refractivity contribution is -0.118. The molecule has 0 saturated heterocycles. The normalized spacial score (nSPS) is 11.8. The maximum atomic E-state index is 12.7. The number of nitrogens with zero attached hydrogens (tertiary/aromatic N) is 1. The van der Waals surface area contributed by atoms with Gasteiger partial charge in [0.05, 0.1) is 11.6 Å². The van der Waals surface area contributed by atoms with Crippen molar-refractivity contribution in [1.82, 2.24) is 5.32 Å². The van der Waals surface area contributed by atoms with E-state index in [1.54, 1.807) is 69.3 Å². The molecule has 0 saturated carbocycles. The summed E-state index contributed by atoms with van der Waals surface area (Å²) in [5, 5.41) is 14.2. The van der Waals surface area contributed by atoms with E-state index in [0.717, 1.165) is 0 Å². The summed E-state index contributed by atoms with van der Waals surface area (Å²) in [6.07, 6.45) is -0.679. The second-order valence-electron chi connectivity index (χ2n) is 6.67. The fraction of sp³-hybridized carbons (Fsp3) is 0.250. The molecule has 0 heterocycles. The zero-order valence-corrected chi connectivity index (χ0v) is 14.9. The summed E-state index contributed by atoms with van der Waals surface area (Å²) >= 11 is 0. The van der Waals surface area contributed by atoms with Crippen LogP contribution in [0.3, 0.4) is 0 Å². The Labute approximate surface area is 152 Å². The molecule has 0 aromatic heterocycles. The number of nitriles is 1. The van der Waals surface area contributed by atoms with Gasteiger partial charge >= 0.3 is 6.09 Å². The van der Waals surface area contributed by atoms with Crippen LogP contribution in [0.5, 0.6) is 0 Å². The topological polar surface area (TPSA) is 91.2 Å². The van der Waals surface area contributed by atoms with Gasteiger partial charge in [0, 0.05) is 5.69 Å². The maximum absolute atomic E-state index is 12.7. The quantitative estimate of drug-likeness (QED) is 0.877. The number of ether oxygens (including phenoxy) is 1. The number of benzene rings is 2. The summed E-state index contributed by atoms with van der Waals surface area (Å²) in [5.41, 5.74) is 0.981. The van der Waals surface area contributed by atoms with Crippen molar-refractivity contribution < 1.29 is 14.3 Å². The molecule has 1 unspecified atom stereocenters. The van der Waals surface area contributed by atoms with Crippen LogP contribution < -0.4 is 10.6 Å². The average molecular weight is 351 g/mol. The molecule has 2 aromatic carbocycles. The van der Waals surface area contributed by atoms with E-state index in [-0.39, 0.29) is 0 Å². The van der Waals surface area contributed by atoms with E-state index in [4.69, 9.17) is 10.00 Å². The molecule has 0 aliphatic rings. The Hall–Kier alpha value is -3.33. The molecule has 2 amide bonds. The smallest absolute Gasteiger partial charge is 0.408 e. The molecule has 0 aliphatic heterocycles. The van der Waals surface area contributed by atoms with Crippen molar-refractivity contribution >= 4 is 17.7 Å². The molecule has 2 aromatic rings. The number of amides is 2. The molecule has 1 atom stereocenters. The molecule has 2 N–H and O–H groups in total. The lowest BCUT2D eigenvalue weighted by atomic mass is 10.1. The SMILES string of the molecule is CC(C)(C)OC(=O)NC(C(=O)Nc1ccc(C#N)cc1)c1ccccc1. The Morgan fingerprint density at radius 3 is 2.19 bits per heavy atom. The van der Waals surface area contributed by atoms with Crippen molar-refractivity contribution in [3.8, 4) is 6.07 Å². The number of carbonyl (C=O) groups excluding carboxylic acids is 2. The molecule has 2 rings (SSSR count). The molecule has 0 radical (unpaired) electrons. The van der Waals surface area contributed by atoms with E-state index in [0.29, 0.717) is 16.8 Å². The number of nitrogens with one attached hydrogen (secondary N) is 2. The Kier molecular flexibility index (Phi) is 5.97. The molecule has 0 bridgehead atoms. The van der Waals surface area contributed by atoms with Gasteiger partial charge in [-0.15, -0.1) is 0 Å². The van der Waals surface area contributed by atoms with E-state index in [1.807, 2.05) is 12.1 Å². The van der Waals surface area contributed by atoms with Crippen molar-refractivity contribution in [2.45, 2.75) is 32.4 Å². The molecular formula is C20H21N3O3. The minimum Gasteiger partial charge on any atom is -0.444 e. The van der Waals surface area contributed by atoms with Gasteiger partial charge in [-0.2, -0.15) is 5.26 Å². The zero-order valence-electron chi connectivity index (χ0n) is 14.9. The van der Waals surface area contributed by atoms with E-state index in [1.165, 1.54) is 0 Å². The fourth-order valence-corrected chi connectivity index (χ4v) is 2.21. The van der Waals surface area contributed by atoms with E-state index in [2.05, 4.69) is 10.6 Å². The molecular weight excluding hydrogens is 330 g/mol. The third-order valence-electron chi connectivity index (χ3n) is 3.34. The van der Waals surface area contributed by atoms with Crippen molar-refractivity contribution in [3.63, 3.8) is 0 Å². The van der Waals surface area contributed by atoms with Crippen LogP contribution in [0.2, 0.25) is 0 Å². The van der Waals surface area contributed by atoms with E-state index < -0.39 is 23.6 Å². The van der Waals surface area contributed by atoms with Gasteiger partial charge in [0.15, 0.2) is 0 Å². The third kappa shape index (κ3) is 5.64. The van der Waals surface area contributed by atoms with Crippen LogP contribution in [-0.4, -0.2) is 17.6 Å². The van der Waals surface area contributed by atoms with Gasteiger partial charge < -0.3 is 15.4 Å². The number of alkyl carbamates (subject to hydrolysis) is 1. The highest BCUT2D eigenvalue weighted by Crippen LogP contribution is 2.18. The summed E-state index contributed by atoms with van der Waals surface area (Å²) in [7, 11) is 0. The third-order valence-corrected chi connectivity index (χ3v) is 3.34. The number of carbonyl (C=O) groups is 2. The molecule has 6 nitrogen and oxygen atoms in total. The van der Waals surface area contributed by atoms with Crippen molar-refractivity contribution in [3.05, 3.63) is 65.7 Å². The molecule has 134 valence electrons. The van der Waals surface area contributed by atoms with Crippen molar-refractivity contribution in [1.29, 1.82) is 5.26 Å². The molecule has 26 heavy (non-hydrogen) atoms. The van der Waals surface area contributed by atoms with Crippen LogP contribution in [-0.2, 0) is 9.53 Å². The number of hydrogen-bond donors (Lipinski definition) is 2. The highest BCUT2D eigenvalue weighted by atomic mass is 16.6. The fourth-order valence-electron chi connectivity index (χ4n) is 2.21. The minimum absolute atomic E-state index is 0.410. The molecule has 0 fully saturated rings. The highest BCUT2D eigenvalue weighted by Gasteiger charge is 2.25. The average Bonchev–Trinajstić information content (AvgIpc) is 2.59. The van der Waals surface area contributed by atoms with Crippen LogP contribution in [0.15, 0.2) is 54.6 Å². The first-order valence-electron chi connectivity index (χ1n) is 8.14. The zero-order chi connectivity index (χ0) is 19.2. The summed E-state index contributed by atoms with van der Waals surface area (Å²) < 4.78 is 5.25. The monoisotopic (exact) mass is 351 g/mol.